The Morgan fingerprint density at radius 1 is 0.825 bits per heavy atom. The van der Waals surface area contributed by atoms with Gasteiger partial charge in [-0.3, -0.25) is 4.79 Å². The summed E-state index contributed by atoms with van der Waals surface area (Å²) in [6, 6.07) is 31.2. The number of benzene rings is 4. The molecule has 4 aromatic rings. The monoisotopic (exact) mass is 538 g/mol. The lowest BCUT2D eigenvalue weighted by molar-refractivity contribution is -0.122. The molecule has 2 atom stereocenters. The van der Waals surface area contributed by atoms with E-state index in [1.165, 1.54) is 0 Å². The third-order valence-electron chi connectivity index (χ3n) is 6.92. The average molecular weight is 539 g/mol. The molecule has 0 aliphatic heterocycles. The lowest BCUT2D eigenvalue weighted by atomic mass is 9.95. The van der Waals surface area contributed by atoms with Gasteiger partial charge in [-0.25, -0.2) is 0 Å². The van der Waals surface area contributed by atoms with Crippen molar-refractivity contribution >= 4 is 5.91 Å². The lowest BCUT2D eigenvalue weighted by Gasteiger charge is -2.25. The van der Waals surface area contributed by atoms with Crippen molar-refractivity contribution in [3.8, 4) is 22.6 Å². The van der Waals surface area contributed by atoms with Gasteiger partial charge in [0, 0.05) is 13.1 Å². The van der Waals surface area contributed by atoms with Gasteiger partial charge < -0.3 is 25.2 Å². The molecule has 0 heterocycles. The number of aliphatic hydroxyl groups is 1. The quantitative estimate of drug-likeness (QED) is 0.221. The predicted molar refractivity (Wildman–Crippen MR) is 160 cm³/mol. The smallest absolute Gasteiger partial charge is 0.224 e. The van der Waals surface area contributed by atoms with E-state index < -0.39 is 12.1 Å². The third kappa shape index (κ3) is 8.18. The third-order valence-corrected chi connectivity index (χ3v) is 6.92. The summed E-state index contributed by atoms with van der Waals surface area (Å²) in [5.74, 6) is 1.42. The summed E-state index contributed by atoms with van der Waals surface area (Å²) < 4.78 is 10.7. The van der Waals surface area contributed by atoms with Crippen LogP contribution in [0.3, 0.4) is 0 Å². The highest BCUT2D eigenvalue weighted by atomic mass is 16.5. The Hall–Kier alpha value is -4.13. The molecule has 1 amide bonds. The molecule has 0 spiro atoms. The molecule has 6 heteroatoms. The fourth-order valence-corrected chi connectivity index (χ4v) is 4.77. The number of aliphatic hydroxyl groups excluding tert-OH is 1. The second-order valence-corrected chi connectivity index (χ2v) is 9.98. The molecule has 0 radical (unpaired) electrons. The summed E-state index contributed by atoms with van der Waals surface area (Å²) in [7, 11) is 3.29. The Balaban J connectivity index is 1.47. The van der Waals surface area contributed by atoms with Crippen molar-refractivity contribution in [1.82, 2.24) is 10.6 Å². The maximum atomic E-state index is 13.4. The van der Waals surface area contributed by atoms with Crippen molar-refractivity contribution in [1.29, 1.82) is 0 Å². The highest BCUT2D eigenvalue weighted by Crippen LogP contribution is 2.28. The fourth-order valence-electron chi connectivity index (χ4n) is 4.77. The molecule has 0 aliphatic rings. The van der Waals surface area contributed by atoms with Crippen LogP contribution in [0, 0.1) is 6.92 Å². The zero-order valence-corrected chi connectivity index (χ0v) is 23.4. The summed E-state index contributed by atoms with van der Waals surface area (Å²) >= 11 is 0. The van der Waals surface area contributed by atoms with Crippen LogP contribution in [0.1, 0.15) is 22.3 Å². The maximum Gasteiger partial charge on any atom is 0.224 e. The van der Waals surface area contributed by atoms with Gasteiger partial charge in [-0.15, -0.1) is 0 Å². The van der Waals surface area contributed by atoms with Crippen molar-refractivity contribution in [3.05, 3.63) is 119 Å². The topological polar surface area (TPSA) is 79.8 Å². The Labute approximate surface area is 237 Å². The molecule has 0 aliphatic carbocycles. The maximum absolute atomic E-state index is 13.4. The van der Waals surface area contributed by atoms with Crippen LogP contribution in [0.25, 0.3) is 11.1 Å². The number of carbonyl (C=O) groups is 1. The van der Waals surface area contributed by atoms with Gasteiger partial charge in [0.2, 0.25) is 5.91 Å². The molecule has 40 heavy (non-hydrogen) atoms. The van der Waals surface area contributed by atoms with E-state index in [9.17, 15) is 9.90 Å². The van der Waals surface area contributed by atoms with Crippen LogP contribution in [0.15, 0.2) is 97.1 Å². The molecule has 0 aromatic heterocycles. The molecular formula is C34H38N2O4. The van der Waals surface area contributed by atoms with E-state index in [0.717, 1.165) is 44.9 Å². The van der Waals surface area contributed by atoms with Crippen LogP contribution in [-0.4, -0.2) is 43.9 Å². The number of amides is 1. The minimum atomic E-state index is -0.786. The zero-order chi connectivity index (χ0) is 28.3. The molecule has 4 rings (SSSR count). The standard InChI is InChI=1S/C34H38N2O4/c1-24-15-16-28(31(17-24)27-12-8-14-30(20-27)40-3)21-34(38)36-32(19-25-9-5-4-6-10-25)33(37)23-35-22-26-11-7-13-29(18-26)39-2/h4-18,20,32-33,35,37H,19,21-23H2,1-3H3,(H,36,38)/t32-,33+/m0/s1. The Morgan fingerprint density at radius 2 is 1.52 bits per heavy atom. The van der Waals surface area contributed by atoms with Crippen molar-refractivity contribution in [2.75, 3.05) is 20.8 Å². The van der Waals surface area contributed by atoms with Gasteiger partial charge in [0.25, 0.3) is 0 Å². The summed E-state index contributed by atoms with van der Waals surface area (Å²) in [4.78, 5) is 13.4. The predicted octanol–water partition coefficient (Wildman–Crippen LogP) is 5.10. The number of aryl methyl sites for hydroxylation is 1. The first-order valence-electron chi connectivity index (χ1n) is 13.5. The van der Waals surface area contributed by atoms with Crippen molar-refractivity contribution in [2.45, 2.75) is 38.5 Å². The molecule has 0 unspecified atom stereocenters. The number of hydrogen-bond acceptors (Lipinski definition) is 5. The van der Waals surface area contributed by atoms with Gasteiger partial charge in [0.1, 0.15) is 11.5 Å². The Bertz CT molecular complexity index is 1390. The average Bonchev–Trinajstić information content (AvgIpc) is 2.98. The van der Waals surface area contributed by atoms with E-state index >= 15 is 0 Å². The van der Waals surface area contributed by atoms with E-state index in [1.807, 2.05) is 97.9 Å². The van der Waals surface area contributed by atoms with Gasteiger partial charge in [-0.1, -0.05) is 78.4 Å². The number of hydrogen-bond donors (Lipinski definition) is 3. The molecule has 0 fully saturated rings. The summed E-state index contributed by atoms with van der Waals surface area (Å²) in [6.45, 7) is 2.94. The molecule has 0 bridgehead atoms. The van der Waals surface area contributed by atoms with Gasteiger partial charge in [-0.2, -0.15) is 0 Å². The summed E-state index contributed by atoms with van der Waals surface area (Å²) in [5.41, 5.74) is 6.12. The first-order valence-corrected chi connectivity index (χ1v) is 13.5. The molecule has 0 saturated carbocycles. The highest BCUT2D eigenvalue weighted by Gasteiger charge is 2.22. The zero-order valence-electron chi connectivity index (χ0n) is 23.4. The van der Waals surface area contributed by atoms with E-state index in [2.05, 4.69) is 16.7 Å². The summed E-state index contributed by atoms with van der Waals surface area (Å²) in [6.07, 6.45) is -0.0709. The first-order chi connectivity index (χ1) is 19.4. The highest BCUT2D eigenvalue weighted by molar-refractivity contribution is 5.82. The van der Waals surface area contributed by atoms with Gasteiger partial charge in [0.05, 0.1) is 32.8 Å². The Morgan fingerprint density at radius 3 is 2.27 bits per heavy atom. The van der Waals surface area contributed by atoms with Crippen molar-refractivity contribution in [2.24, 2.45) is 0 Å². The van der Waals surface area contributed by atoms with E-state index in [4.69, 9.17) is 9.47 Å². The van der Waals surface area contributed by atoms with Crippen LogP contribution in [0.5, 0.6) is 11.5 Å². The molecule has 0 saturated heterocycles. The fraction of sp³-hybridized carbons (Fsp3) is 0.265. The van der Waals surface area contributed by atoms with Crippen LogP contribution in [0.4, 0.5) is 0 Å². The molecule has 6 nitrogen and oxygen atoms in total. The van der Waals surface area contributed by atoms with Gasteiger partial charge in [0.15, 0.2) is 0 Å². The van der Waals surface area contributed by atoms with E-state index in [1.54, 1.807) is 14.2 Å². The van der Waals surface area contributed by atoms with Crippen LogP contribution in [-0.2, 0) is 24.2 Å². The lowest BCUT2D eigenvalue weighted by Crippen LogP contribution is -2.49. The molecule has 208 valence electrons. The SMILES string of the molecule is COc1cccc(CNC[C@@H](O)[C@H](Cc2ccccc2)NC(=O)Cc2ccc(C)cc2-c2cccc(OC)c2)c1. The van der Waals surface area contributed by atoms with E-state index in [-0.39, 0.29) is 12.3 Å². The number of nitrogens with one attached hydrogen (secondary N) is 2. The number of ether oxygens (including phenoxy) is 2. The number of rotatable bonds is 13. The van der Waals surface area contributed by atoms with Crippen molar-refractivity contribution < 1.29 is 19.4 Å². The van der Waals surface area contributed by atoms with Crippen molar-refractivity contribution in [3.63, 3.8) is 0 Å². The minimum Gasteiger partial charge on any atom is -0.497 e. The minimum absolute atomic E-state index is 0.138. The largest absolute Gasteiger partial charge is 0.497 e. The second kappa shape index (κ2) is 14.3. The summed E-state index contributed by atoms with van der Waals surface area (Å²) in [5, 5.41) is 17.6. The Kier molecular flexibility index (Phi) is 10.3. The molecule has 3 N–H and O–H groups in total. The van der Waals surface area contributed by atoms with Crippen LogP contribution < -0.4 is 20.1 Å². The van der Waals surface area contributed by atoms with Gasteiger partial charge >= 0.3 is 0 Å². The molecule has 4 aromatic carbocycles. The van der Waals surface area contributed by atoms with Crippen LogP contribution >= 0.6 is 0 Å². The number of methoxy groups -OCH3 is 2. The van der Waals surface area contributed by atoms with Crippen LogP contribution in [0.2, 0.25) is 0 Å². The molecular weight excluding hydrogens is 500 g/mol. The normalized spacial score (nSPS) is 12.4. The second-order valence-electron chi connectivity index (χ2n) is 9.98. The first kappa shape index (κ1) is 28.9. The number of carbonyl (C=O) groups excluding carboxylic acids is 1. The van der Waals surface area contributed by atoms with E-state index in [0.29, 0.717) is 19.5 Å². The van der Waals surface area contributed by atoms with Gasteiger partial charge in [-0.05, 0) is 65.4 Å².